The highest BCUT2D eigenvalue weighted by Gasteiger charge is 2.38. The first-order valence-corrected chi connectivity index (χ1v) is 17.3. The molecule has 9 rings (SSSR count). The quantitative estimate of drug-likeness (QED) is 0.127. The second-order valence-electron chi connectivity index (χ2n) is 13.5. The third kappa shape index (κ3) is 5.59. The summed E-state index contributed by atoms with van der Waals surface area (Å²) in [6.45, 7) is 0. The number of hydrogen-bond acceptors (Lipinski definition) is 0. The highest BCUT2D eigenvalue weighted by Crippen LogP contribution is 2.46. The number of aromatic nitrogens is 1. The molecule has 0 saturated carbocycles. The molecule has 8 aromatic rings. The van der Waals surface area contributed by atoms with Gasteiger partial charge in [-0.15, -0.1) is 0 Å². The smallest absolute Gasteiger partial charge is 0.309 e. The normalized spacial score (nSPS) is 15.1. The zero-order valence-electron chi connectivity index (χ0n) is 28.0. The first kappa shape index (κ1) is 32.8. The van der Waals surface area contributed by atoms with Crippen LogP contribution in [0.25, 0.3) is 76.9 Å². The van der Waals surface area contributed by atoms with Crippen molar-refractivity contribution in [2.75, 3.05) is 0 Å². The lowest BCUT2D eigenvalue weighted by molar-refractivity contribution is -0.160. The van der Waals surface area contributed by atoms with Crippen molar-refractivity contribution in [3.63, 3.8) is 0 Å². The van der Waals surface area contributed by atoms with E-state index in [1.165, 1.54) is 18.2 Å². The molecule has 53 heavy (non-hydrogen) atoms. The number of halogens is 6. The molecule has 1 heterocycles. The Hall–Kier alpha value is -6.08. The van der Waals surface area contributed by atoms with E-state index < -0.39 is 23.8 Å². The zero-order valence-corrected chi connectivity index (χ0v) is 28.0. The van der Waals surface area contributed by atoms with Gasteiger partial charge in [0.15, 0.2) is 0 Å². The summed E-state index contributed by atoms with van der Waals surface area (Å²) in [4.78, 5) is 0. The van der Waals surface area contributed by atoms with Crippen molar-refractivity contribution >= 4 is 48.9 Å². The van der Waals surface area contributed by atoms with Crippen LogP contribution in [0.5, 0.6) is 0 Å². The van der Waals surface area contributed by atoms with Crippen LogP contribution >= 0.6 is 0 Å². The number of benzene rings is 7. The number of hydrogen-bond donors (Lipinski definition) is 0. The molecule has 1 unspecified atom stereocenters. The molecular weight excluding hydrogens is 681 g/mol. The van der Waals surface area contributed by atoms with Crippen LogP contribution in [0.15, 0.2) is 158 Å². The van der Waals surface area contributed by atoms with E-state index in [0.29, 0.717) is 11.1 Å². The van der Waals surface area contributed by atoms with Gasteiger partial charge in [0.1, 0.15) is 0 Å². The molecule has 0 N–H and O–H groups in total. The van der Waals surface area contributed by atoms with Crippen LogP contribution in [0.3, 0.4) is 0 Å². The number of rotatable bonds is 4. The average Bonchev–Trinajstić information content (AvgIpc) is 3.50. The Balaban J connectivity index is 1.23. The van der Waals surface area contributed by atoms with Crippen molar-refractivity contribution in [1.29, 1.82) is 0 Å². The van der Waals surface area contributed by atoms with Crippen molar-refractivity contribution < 1.29 is 26.3 Å². The van der Waals surface area contributed by atoms with Gasteiger partial charge >= 0.3 is 12.4 Å². The van der Waals surface area contributed by atoms with Crippen LogP contribution in [0, 0.1) is 5.92 Å². The van der Waals surface area contributed by atoms with Gasteiger partial charge in [0.2, 0.25) is 0 Å². The number of para-hydroxylation sites is 2. The van der Waals surface area contributed by atoms with E-state index >= 15 is 0 Å². The summed E-state index contributed by atoms with van der Waals surface area (Å²) in [7, 11) is 0. The molecule has 1 nitrogen and oxygen atoms in total. The van der Waals surface area contributed by atoms with Gasteiger partial charge in [-0.05, 0) is 104 Å². The van der Waals surface area contributed by atoms with Gasteiger partial charge in [0.05, 0.1) is 22.5 Å². The standard InChI is InChI=1S/C46H29F6N/c47-45(48,49)32-20-13-29(14-21-32)43-37-9-1-2-10-38(37)44(30-15-22-33(23-16-30)46(50,51)52)40-27-31(19-26-39(40)43)28-17-24-34(25-18-28)53-41-11-5-3-7-35(41)36-8-4-6-12-42(36)53/h1-20,22-27,32H,21H2. The maximum absolute atomic E-state index is 13.6. The van der Waals surface area contributed by atoms with Crippen molar-refractivity contribution in [2.24, 2.45) is 5.92 Å². The molecule has 0 amide bonds. The molecular formula is C46H29F6N. The van der Waals surface area contributed by atoms with E-state index in [1.807, 2.05) is 66.7 Å². The van der Waals surface area contributed by atoms with Crippen molar-refractivity contribution in [1.82, 2.24) is 4.57 Å². The molecule has 1 aromatic heterocycles. The summed E-state index contributed by atoms with van der Waals surface area (Å²) in [6.07, 6.45) is -4.62. The molecule has 0 radical (unpaired) electrons. The zero-order chi connectivity index (χ0) is 36.5. The summed E-state index contributed by atoms with van der Waals surface area (Å²) in [6, 6.07) is 43.6. The lowest BCUT2D eigenvalue weighted by atomic mass is 9.82. The van der Waals surface area contributed by atoms with E-state index in [-0.39, 0.29) is 6.42 Å². The highest BCUT2D eigenvalue weighted by molar-refractivity contribution is 6.20. The summed E-state index contributed by atoms with van der Waals surface area (Å²) < 4.78 is 83.9. The SMILES string of the molecule is FC(F)(F)c1ccc(-c2c3ccccc3c(C3=CCC(C(F)(F)F)C=C3)c3ccc(-c4ccc(-n5c6ccccc6c6ccccc65)cc4)cc23)cc1. The number of allylic oxidation sites excluding steroid dienone is 4. The molecule has 1 aliphatic rings. The third-order valence-electron chi connectivity index (χ3n) is 10.4. The fourth-order valence-electron chi connectivity index (χ4n) is 7.86. The predicted octanol–water partition coefficient (Wildman–Crippen LogP) is 14.0. The molecule has 1 aliphatic carbocycles. The third-order valence-corrected chi connectivity index (χ3v) is 10.4. The van der Waals surface area contributed by atoms with Gasteiger partial charge in [-0.25, -0.2) is 0 Å². The molecule has 0 fully saturated rings. The highest BCUT2D eigenvalue weighted by atomic mass is 19.4. The number of fused-ring (bicyclic) bond motifs is 5. The second-order valence-corrected chi connectivity index (χ2v) is 13.5. The van der Waals surface area contributed by atoms with Gasteiger partial charge in [-0.2, -0.15) is 26.3 Å². The fraction of sp³-hybridized carbons (Fsp3) is 0.0870. The molecule has 7 aromatic carbocycles. The van der Waals surface area contributed by atoms with Crippen LogP contribution in [0.2, 0.25) is 0 Å². The van der Waals surface area contributed by atoms with Crippen molar-refractivity contribution in [3.05, 3.63) is 169 Å². The summed E-state index contributed by atoms with van der Waals surface area (Å²) >= 11 is 0. The largest absolute Gasteiger partial charge is 0.416 e. The first-order valence-electron chi connectivity index (χ1n) is 17.3. The van der Waals surface area contributed by atoms with E-state index in [1.54, 1.807) is 12.2 Å². The van der Waals surface area contributed by atoms with Crippen molar-refractivity contribution in [2.45, 2.75) is 18.8 Å². The Morgan fingerprint density at radius 3 is 1.58 bits per heavy atom. The minimum absolute atomic E-state index is 0.178. The minimum Gasteiger partial charge on any atom is -0.309 e. The molecule has 0 bridgehead atoms. The lowest BCUT2D eigenvalue weighted by Crippen LogP contribution is -2.21. The van der Waals surface area contributed by atoms with E-state index in [2.05, 4.69) is 53.1 Å². The van der Waals surface area contributed by atoms with Crippen LogP contribution in [-0.2, 0) is 6.18 Å². The van der Waals surface area contributed by atoms with Gasteiger partial charge in [0, 0.05) is 16.5 Å². The maximum Gasteiger partial charge on any atom is 0.416 e. The second kappa shape index (κ2) is 12.3. The molecule has 260 valence electrons. The molecule has 0 aliphatic heterocycles. The van der Waals surface area contributed by atoms with Crippen LogP contribution in [0.4, 0.5) is 26.3 Å². The Kier molecular flexibility index (Phi) is 7.59. The Morgan fingerprint density at radius 2 is 1.02 bits per heavy atom. The van der Waals surface area contributed by atoms with Gasteiger partial charge in [-0.1, -0.05) is 115 Å². The van der Waals surface area contributed by atoms with E-state index in [0.717, 1.165) is 83.4 Å². The summed E-state index contributed by atoms with van der Waals surface area (Å²) in [5, 5.41) is 5.51. The average molecular weight is 710 g/mol. The first-order chi connectivity index (χ1) is 25.6. The van der Waals surface area contributed by atoms with E-state index in [4.69, 9.17) is 0 Å². The molecule has 1 atom stereocenters. The number of nitrogens with zero attached hydrogens (tertiary/aromatic N) is 1. The van der Waals surface area contributed by atoms with Crippen LogP contribution in [-0.4, -0.2) is 10.7 Å². The van der Waals surface area contributed by atoms with Crippen molar-refractivity contribution in [3.8, 4) is 27.9 Å². The van der Waals surface area contributed by atoms with E-state index in [9.17, 15) is 26.3 Å². The van der Waals surface area contributed by atoms with Crippen LogP contribution in [0.1, 0.15) is 17.5 Å². The fourth-order valence-corrected chi connectivity index (χ4v) is 7.86. The summed E-state index contributed by atoms with van der Waals surface area (Å²) in [5.41, 5.74) is 7.11. The monoisotopic (exact) mass is 709 g/mol. The van der Waals surface area contributed by atoms with Crippen LogP contribution < -0.4 is 0 Å². The molecule has 0 spiro atoms. The topological polar surface area (TPSA) is 4.93 Å². The van der Waals surface area contributed by atoms with Gasteiger partial charge in [-0.3, -0.25) is 0 Å². The molecule has 7 heteroatoms. The van der Waals surface area contributed by atoms with Gasteiger partial charge in [0.25, 0.3) is 0 Å². The lowest BCUT2D eigenvalue weighted by Gasteiger charge is -2.23. The Bertz CT molecular complexity index is 2710. The Morgan fingerprint density at radius 1 is 0.491 bits per heavy atom. The Labute approximate surface area is 300 Å². The minimum atomic E-state index is -4.49. The molecule has 0 saturated heterocycles. The van der Waals surface area contributed by atoms with Gasteiger partial charge < -0.3 is 4.57 Å². The summed E-state index contributed by atoms with van der Waals surface area (Å²) in [5.74, 6) is -1.56. The predicted molar refractivity (Wildman–Crippen MR) is 203 cm³/mol. The maximum atomic E-state index is 13.6. The number of alkyl halides is 6.